The highest BCUT2D eigenvalue weighted by Gasteiger charge is 2.21. The Bertz CT molecular complexity index is 466. The molecule has 2 aromatic heterocycles. The van der Waals surface area contributed by atoms with Gasteiger partial charge in [0.15, 0.2) is 0 Å². The summed E-state index contributed by atoms with van der Waals surface area (Å²) in [5.74, 6) is 0. The fourth-order valence-electron chi connectivity index (χ4n) is 2.22. The maximum absolute atomic E-state index is 4.66. The van der Waals surface area contributed by atoms with Gasteiger partial charge in [0.05, 0.1) is 5.69 Å². The first kappa shape index (κ1) is 10.1. The predicted octanol–water partition coefficient (Wildman–Crippen LogP) is 2.87. The molecule has 0 spiro atoms. The lowest BCUT2D eigenvalue weighted by molar-refractivity contribution is 0.654. The zero-order valence-corrected chi connectivity index (χ0v) is 10.1. The van der Waals surface area contributed by atoms with Gasteiger partial charge in [-0.1, -0.05) is 0 Å². The first-order valence-electron chi connectivity index (χ1n) is 5.68. The third-order valence-electron chi connectivity index (χ3n) is 3.05. The second-order valence-corrected chi connectivity index (χ2v) is 5.25. The van der Waals surface area contributed by atoms with E-state index < -0.39 is 0 Å². The SMILES string of the molecule is Cc1nc(-c2cc[nH]c2)sc1C1CCCN1. The van der Waals surface area contributed by atoms with Gasteiger partial charge >= 0.3 is 0 Å². The number of nitrogens with one attached hydrogen (secondary N) is 2. The smallest absolute Gasteiger partial charge is 0.125 e. The van der Waals surface area contributed by atoms with Crippen molar-refractivity contribution < 1.29 is 0 Å². The third kappa shape index (κ3) is 1.68. The van der Waals surface area contributed by atoms with Gasteiger partial charge < -0.3 is 10.3 Å². The Balaban J connectivity index is 1.95. The Morgan fingerprint density at radius 1 is 1.50 bits per heavy atom. The molecule has 84 valence electrons. The van der Waals surface area contributed by atoms with Gasteiger partial charge in [0.1, 0.15) is 5.01 Å². The van der Waals surface area contributed by atoms with Crippen molar-refractivity contribution in [1.29, 1.82) is 0 Å². The summed E-state index contributed by atoms with van der Waals surface area (Å²) in [7, 11) is 0. The minimum Gasteiger partial charge on any atom is -0.367 e. The summed E-state index contributed by atoms with van der Waals surface area (Å²) in [6.45, 7) is 3.25. The highest BCUT2D eigenvalue weighted by molar-refractivity contribution is 7.15. The van der Waals surface area contributed by atoms with Crippen molar-refractivity contribution in [1.82, 2.24) is 15.3 Å². The van der Waals surface area contributed by atoms with Crippen molar-refractivity contribution in [3.05, 3.63) is 29.0 Å². The molecule has 1 atom stereocenters. The largest absolute Gasteiger partial charge is 0.367 e. The van der Waals surface area contributed by atoms with Crippen molar-refractivity contribution >= 4 is 11.3 Å². The van der Waals surface area contributed by atoms with Crippen molar-refractivity contribution in [2.75, 3.05) is 6.54 Å². The Hall–Kier alpha value is -1.13. The molecule has 3 rings (SSSR count). The molecule has 3 nitrogen and oxygen atoms in total. The fourth-order valence-corrected chi connectivity index (χ4v) is 3.39. The molecule has 1 aliphatic heterocycles. The lowest BCUT2D eigenvalue weighted by Gasteiger charge is -2.06. The van der Waals surface area contributed by atoms with Gasteiger partial charge in [-0.25, -0.2) is 4.98 Å². The molecule has 16 heavy (non-hydrogen) atoms. The van der Waals surface area contributed by atoms with Crippen LogP contribution in [0.3, 0.4) is 0 Å². The summed E-state index contributed by atoms with van der Waals surface area (Å²) < 4.78 is 0. The molecule has 0 saturated carbocycles. The quantitative estimate of drug-likeness (QED) is 0.837. The van der Waals surface area contributed by atoms with Crippen LogP contribution < -0.4 is 5.32 Å². The van der Waals surface area contributed by atoms with Crippen LogP contribution in [-0.4, -0.2) is 16.5 Å². The second kappa shape index (κ2) is 4.03. The topological polar surface area (TPSA) is 40.7 Å². The molecule has 3 heterocycles. The minimum absolute atomic E-state index is 0.533. The van der Waals surface area contributed by atoms with Crippen LogP contribution in [0.1, 0.15) is 29.5 Å². The summed E-state index contributed by atoms with van der Waals surface area (Å²) in [6.07, 6.45) is 6.47. The average Bonchev–Trinajstić information content (AvgIpc) is 2.97. The molecule has 1 fully saturated rings. The van der Waals surface area contributed by atoms with Gasteiger partial charge in [-0.15, -0.1) is 11.3 Å². The van der Waals surface area contributed by atoms with Crippen molar-refractivity contribution in [2.45, 2.75) is 25.8 Å². The molecule has 2 aromatic rings. The summed E-state index contributed by atoms with van der Waals surface area (Å²) in [5.41, 5.74) is 2.37. The first-order chi connectivity index (χ1) is 7.84. The highest BCUT2D eigenvalue weighted by Crippen LogP contribution is 2.34. The van der Waals surface area contributed by atoms with E-state index in [0.717, 1.165) is 11.6 Å². The van der Waals surface area contributed by atoms with Gasteiger partial charge in [-0.05, 0) is 32.4 Å². The predicted molar refractivity (Wildman–Crippen MR) is 66.6 cm³/mol. The van der Waals surface area contributed by atoms with Crippen molar-refractivity contribution in [3.8, 4) is 10.6 Å². The highest BCUT2D eigenvalue weighted by atomic mass is 32.1. The molecule has 4 heteroatoms. The first-order valence-corrected chi connectivity index (χ1v) is 6.50. The average molecular weight is 233 g/mol. The maximum atomic E-state index is 4.66. The molecular formula is C12H15N3S. The molecule has 0 aromatic carbocycles. The van der Waals surface area contributed by atoms with Gasteiger partial charge in [0.25, 0.3) is 0 Å². The Kier molecular flexibility index (Phi) is 2.53. The number of H-pyrrole nitrogens is 1. The van der Waals surface area contributed by atoms with Crippen molar-refractivity contribution in [3.63, 3.8) is 0 Å². The number of nitrogens with zero attached hydrogens (tertiary/aromatic N) is 1. The molecule has 1 aliphatic rings. The Morgan fingerprint density at radius 3 is 3.12 bits per heavy atom. The van der Waals surface area contributed by atoms with E-state index >= 15 is 0 Å². The van der Waals surface area contributed by atoms with Crippen LogP contribution in [-0.2, 0) is 0 Å². The van der Waals surface area contributed by atoms with Crippen LogP contribution in [0.15, 0.2) is 18.5 Å². The van der Waals surface area contributed by atoms with E-state index in [1.54, 1.807) is 0 Å². The fraction of sp³-hybridized carbons (Fsp3) is 0.417. The number of hydrogen-bond acceptors (Lipinski definition) is 3. The standard InChI is InChI=1S/C12H15N3S/c1-8-11(10-3-2-5-14-10)16-12(15-8)9-4-6-13-7-9/h4,6-7,10,13-14H,2-3,5H2,1H3. The van der Waals surface area contributed by atoms with E-state index in [1.165, 1.54) is 29.0 Å². The Labute approximate surface area is 98.9 Å². The number of rotatable bonds is 2. The van der Waals surface area contributed by atoms with Gasteiger partial charge in [-0.3, -0.25) is 0 Å². The van der Waals surface area contributed by atoms with Crippen LogP contribution in [0.5, 0.6) is 0 Å². The monoisotopic (exact) mass is 233 g/mol. The minimum atomic E-state index is 0.533. The number of thiazole rings is 1. The molecule has 1 unspecified atom stereocenters. The van der Waals surface area contributed by atoms with Crippen LogP contribution in [0.25, 0.3) is 10.6 Å². The van der Waals surface area contributed by atoms with E-state index in [-0.39, 0.29) is 0 Å². The third-order valence-corrected chi connectivity index (χ3v) is 4.37. The van der Waals surface area contributed by atoms with E-state index in [4.69, 9.17) is 0 Å². The van der Waals surface area contributed by atoms with E-state index in [2.05, 4.69) is 28.3 Å². The summed E-state index contributed by atoms with van der Waals surface area (Å²) >= 11 is 1.82. The number of aryl methyl sites for hydroxylation is 1. The summed E-state index contributed by atoms with van der Waals surface area (Å²) in [6, 6.07) is 2.61. The summed E-state index contributed by atoms with van der Waals surface area (Å²) in [5, 5.41) is 4.66. The second-order valence-electron chi connectivity index (χ2n) is 4.22. The van der Waals surface area contributed by atoms with Crippen LogP contribution >= 0.6 is 11.3 Å². The van der Waals surface area contributed by atoms with Gasteiger partial charge in [-0.2, -0.15) is 0 Å². The molecular weight excluding hydrogens is 218 g/mol. The van der Waals surface area contributed by atoms with E-state index in [9.17, 15) is 0 Å². The number of hydrogen-bond donors (Lipinski definition) is 2. The maximum Gasteiger partial charge on any atom is 0.125 e. The zero-order chi connectivity index (χ0) is 11.0. The normalized spacial score (nSPS) is 20.4. The molecule has 0 amide bonds. The van der Waals surface area contributed by atoms with Crippen LogP contribution in [0.2, 0.25) is 0 Å². The molecule has 2 N–H and O–H groups in total. The van der Waals surface area contributed by atoms with Crippen LogP contribution in [0.4, 0.5) is 0 Å². The molecule has 0 bridgehead atoms. The Morgan fingerprint density at radius 2 is 2.44 bits per heavy atom. The lowest BCUT2D eigenvalue weighted by Crippen LogP contribution is -2.12. The number of aromatic amines is 1. The molecule has 0 radical (unpaired) electrons. The van der Waals surface area contributed by atoms with Crippen LogP contribution in [0, 0.1) is 6.92 Å². The lowest BCUT2D eigenvalue weighted by atomic mass is 10.2. The number of aromatic nitrogens is 2. The summed E-state index contributed by atoms with van der Waals surface area (Å²) in [4.78, 5) is 9.14. The van der Waals surface area contributed by atoms with Crippen molar-refractivity contribution in [2.24, 2.45) is 0 Å². The van der Waals surface area contributed by atoms with E-state index in [0.29, 0.717) is 6.04 Å². The molecule has 0 aliphatic carbocycles. The van der Waals surface area contributed by atoms with E-state index in [1.807, 2.05) is 23.7 Å². The zero-order valence-electron chi connectivity index (χ0n) is 9.29. The van der Waals surface area contributed by atoms with Gasteiger partial charge in [0.2, 0.25) is 0 Å². The van der Waals surface area contributed by atoms with Gasteiger partial charge in [0, 0.05) is 28.9 Å². The molecule has 1 saturated heterocycles.